The van der Waals surface area contributed by atoms with Crippen LogP contribution >= 0.6 is 15.9 Å². The molecule has 0 radical (unpaired) electrons. The molecule has 0 aliphatic carbocycles. The van der Waals surface area contributed by atoms with Gasteiger partial charge in [-0.25, -0.2) is 0 Å². The molecule has 0 bridgehead atoms. The van der Waals surface area contributed by atoms with Gasteiger partial charge in [0.15, 0.2) is 6.61 Å². The van der Waals surface area contributed by atoms with Crippen LogP contribution in [0.3, 0.4) is 0 Å². The monoisotopic (exact) mass is 350 g/mol. The van der Waals surface area contributed by atoms with E-state index in [-0.39, 0.29) is 24.4 Å². The maximum atomic E-state index is 12.3. The van der Waals surface area contributed by atoms with Crippen LogP contribution in [0.15, 0.2) is 28.7 Å². The van der Waals surface area contributed by atoms with E-state index in [9.17, 15) is 9.59 Å². The molecular formula is C15H15BrN2O3. The van der Waals surface area contributed by atoms with E-state index in [1.54, 1.807) is 23.1 Å². The molecular weight excluding hydrogens is 336 g/mol. The van der Waals surface area contributed by atoms with Crippen LogP contribution in [0.25, 0.3) is 0 Å². The minimum Gasteiger partial charge on any atom is -0.450 e. The molecule has 1 aliphatic heterocycles. The number of carbonyl (C=O) groups is 2. The fraction of sp³-hybridized carbons (Fsp3) is 0.400. The number of carbonyl (C=O) groups excluding carboxylic acids is 2. The van der Waals surface area contributed by atoms with Gasteiger partial charge in [0, 0.05) is 23.1 Å². The first-order valence-corrected chi connectivity index (χ1v) is 7.49. The van der Waals surface area contributed by atoms with E-state index in [0.717, 1.165) is 4.47 Å². The van der Waals surface area contributed by atoms with Gasteiger partial charge in [-0.2, -0.15) is 5.26 Å². The minimum atomic E-state index is -0.340. The molecule has 1 fully saturated rings. The predicted molar refractivity (Wildman–Crippen MR) is 79.3 cm³/mol. The quantitative estimate of drug-likeness (QED) is 0.784. The number of halogens is 1. The molecule has 1 aromatic rings. The molecule has 5 nitrogen and oxygen atoms in total. The van der Waals surface area contributed by atoms with Crippen molar-refractivity contribution in [3.05, 3.63) is 34.3 Å². The van der Waals surface area contributed by atoms with E-state index >= 15 is 0 Å². The number of hydrogen-bond acceptors (Lipinski definition) is 4. The largest absolute Gasteiger partial charge is 0.450 e. The first-order valence-electron chi connectivity index (χ1n) is 6.70. The minimum absolute atomic E-state index is 0.0219. The fourth-order valence-corrected chi connectivity index (χ4v) is 2.58. The van der Waals surface area contributed by atoms with Crippen molar-refractivity contribution in [1.29, 1.82) is 5.26 Å². The second-order valence-corrected chi connectivity index (χ2v) is 5.75. The average molecular weight is 351 g/mol. The molecule has 110 valence electrons. The van der Waals surface area contributed by atoms with E-state index in [4.69, 9.17) is 10.00 Å². The molecule has 1 aromatic carbocycles. The number of hydrogen-bond donors (Lipinski definition) is 0. The van der Waals surface area contributed by atoms with Crippen molar-refractivity contribution in [1.82, 2.24) is 4.90 Å². The number of likely N-dealkylation sites (tertiary alicyclic amines) is 1. The Kier molecular flexibility index (Phi) is 5.34. The molecule has 1 aliphatic rings. The number of rotatable bonds is 3. The van der Waals surface area contributed by atoms with Crippen molar-refractivity contribution in [2.75, 3.05) is 19.7 Å². The topological polar surface area (TPSA) is 70.4 Å². The van der Waals surface area contributed by atoms with E-state index < -0.39 is 0 Å². The van der Waals surface area contributed by atoms with Crippen molar-refractivity contribution in [2.24, 2.45) is 5.92 Å². The number of nitriles is 1. The molecule has 2 rings (SSSR count). The van der Waals surface area contributed by atoms with Crippen molar-refractivity contribution in [3.8, 4) is 6.07 Å². The Morgan fingerprint density at radius 3 is 2.48 bits per heavy atom. The van der Waals surface area contributed by atoms with Crippen LogP contribution in [0.4, 0.5) is 0 Å². The zero-order valence-electron chi connectivity index (χ0n) is 11.4. The molecule has 0 N–H and O–H groups in total. The lowest BCUT2D eigenvalue weighted by Crippen LogP contribution is -2.40. The first kappa shape index (κ1) is 15.5. The van der Waals surface area contributed by atoms with Crippen molar-refractivity contribution in [2.45, 2.75) is 12.8 Å². The molecule has 0 saturated carbocycles. The van der Waals surface area contributed by atoms with Crippen LogP contribution in [0.1, 0.15) is 23.2 Å². The molecule has 21 heavy (non-hydrogen) atoms. The first-order chi connectivity index (χ1) is 10.1. The van der Waals surface area contributed by atoms with Gasteiger partial charge in [-0.15, -0.1) is 0 Å². The van der Waals surface area contributed by atoms with E-state index in [1.807, 2.05) is 12.1 Å². The van der Waals surface area contributed by atoms with E-state index in [1.165, 1.54) is 0 Å². The third kappa shape index (κ3) is 4.05. The normalized spacial score (nSPS) is 15.3. The number of ether oxygens (including phenoxy) is 1. The SMILES string of the molecule is N#CCOC(=O)C1CCN(C(=O)c2ccc(Br)cc2)CC1. The van der Waals surface area contributed by atoms with Crippen molar-refractivity contribution >= 4 is 27.8 Å². The van der Waals surface area contributed by atoms with E-state index in [0.29, 0.717) is 31.5 Å². The summed E-state index contributed by atoms with van der Waals surface area (Å²) < 4.78 is 5.74. The van der Waals surface area contributed by atoms with Crippen LogP contribution in [0, 0.1) is 17.2 Å². The van der Waals surface area contributed by atoms with Crippen LogP contribution < -0.4 is 0 Å². The van der Waals surface area contributed by atoms with E-state index in [2.05, 4.69) is 15.9 Å². The zero-order valence-corrected chi connectivity index (χ0v) is 13.0. The fourth-order valence-electron chi connectivity index (χ4n) is 2.31. The van der Waals surface area contributed by atoms with Gasteiger partial charge in [-0.3, -0.25) is 9.59 Å². The third-order valence-corrected chi connectivity index (χ3v) is 4.01. The summed E-state index contributed by atoms with van der Waals surface area (Å²) in [6.07, 6.45) is 1.15. The smallest absolute Gasteiger partial charge is 0.310 e. The van der Waals surface area contributed by atoms with Gasteiger partial charge in [-0.1, -0.05) is 15.9 Å². The predicted octanol–water partition coefficient (Wildman–Crippen LogP) is 2.37. The van der Waals surface area contributed by atoms with Crippen LogP contribution in [-0.2, 0) is 9.53 Å². The highest BCUT2D eigenvalue weighted by molar-refractivity contribution is 9.10. The summed E-state index contributed by atoms with van der Waals surface area (Å²) in [5, 5.41) is 8.39. The third-order valence-electron chi connectivity index (χ3n) is 3.49. The summed E-state index contributed by atoms with van der Waals surface area (Å²) in [6, 6.07) is 9.00. The number of amides is 1. The highest BCUT2D eigenvalue weighted by Crippen LogP contribution is 2.21. The summed E-state index contributed by atoms with van der Waals surface area (Å²) in [6.45, 7) is 0.847. The Labute approximate surface area is 131 Å². The Morgan fingerprint density at radius 1 is 1.29 bits per heavy atom. The van der Waals surface area contributed by atoms with Gasteiger partial charge in [0.2, 0.25) is 0 Å². The number of esters is 1. The summed E-state index contributed by atoms with van der Waals surface area (Å²) in [5.41, 5.74) is 0.642. The molecule has 1 heterocycles. The Morgan fingerprint density at radius 2 is 1.90 bits per heavy atom. The lowest BCUT2D eigenvalue weighted by Gasteiger charge is -2.30. The summed E-state index contributed by atoms with van der Waals surface area (Å²) in [4.78, 5) is 25.7. The van der Waals surface area contributed by atoms with Gasteiger partial charge in [0.1, 0.15) is 6.07 Å². The Balaban J connectivity index is 1.89. The van der Waals surface area contributed by atoms with Crippen molar-refractivity contribution < 1.29 is 14.3 Å². The lowest BCUT2D eigenvalue weighted by atomic mass is 9.96. The average Bonchev–Trinajstić information content (AvgIpc) is 2.53. The maximum absolute atomic E-state index is 12.3. The van der Waals surface area contributed by atoms with Gasteiger partial charge in [-0.05, 0) is 37.1 Å². The Bertz CT molecular complexity index is 557. The molecule has 1 amide bonds. The highest BCUT2D eigenvalue weighted by atomic mass is 79.9. The number of nitrogens with zero attached hydrogens (tertiary/aromatic N) is 2. The second-order valence-electron chi connectivity index (χ2n) is 4.84. The van der Waals surface area contributed by atoms with Gasteiger partial charge in [0.25, 0.3) is 5.91 Å². The van der Waals surface area contributed by atoms with Gasteiger partial charge in [0.05, 0.1) is 5.92 Å². The molecule has 1 saturated heterocycles. The second kappa shape index (κ2) is 7.23. The zero-order chi connectivity index (χ0) is 15.2. The number of benzene rings is 1. The van der Waals surface area contributed by atoms with Gasteiger partial charge < -0.3 is 9.64 Å². The Hall–Kier alpha value is -1.87. The molecule has 0 unspecified atom stereocenters. The van der Waals surface area contributed by atoms with Crippen molar-refractivity contribution in [3.63, 3.8) is 0 Å². The van der Waals surface area contributed by atoms with Gasteiger partial charge >= 0.3 is 5.97 Å². The number of piperidine rings is 1. The highest BCUT2D eigenvalue weighted by Gasteiger charge is 2.28. The summed E-state index contributed by atoms with van der Waals surface area (Å²) in [7, 11) is 0. The van der Waals surface area contributed by atoms with Crippen LogP contribution in [0.2, 0.25) is 0 Å². The molecule has 0 spiro atoms. The summed E-state index contributed by atoms with van der Waals surface area (Å²) in [5.74, 6) is -0.578. The lowest BCUT2D eigenvalue weighted by molar-refractivity contribution is -0.148. The summed E-state index contributed by atoms with van der Waals surface area (Å²) >= 11 is 3.34. The van der Waals surface area contributed by atoms with Crippen LogP contribution in [-0.4, -0.2) is 36.5 Å². The molecule has 0 aromatic heterocycles. The maximum Gasteiger partial charge on any atom is 0.310 e. The molecule has 6 heteroatoms. The standard InChI is InChI=1S/C15H15BrN2O3/c16-13-3-1-11(2-4-13)14(19)18-8-5-12(6-9-18)15(20)21-10-7-17/h1-4,12H,5-6,8-10H2. The van der Waals surface area contributed by atoms with Crippen LogP contribution in [0.5, 0.6) is 0 Å². The molecule has 0 atom stereocenters.